The van der Waals surface area contributed by atoms with Gasteiger partial charge in [0.1, 0.15) is 6.04 Å². The number of halogens is 2. The molecule has 8 heteroatoms. The number of rotatable bonds is 4. The number of anilines is 2. The molecule has 164 valence electrons. The van der Waals surface area contributed by atoms with Gasteiger partial charge in [-0.3, -0.25) is 10.1 Å². The van der Waals surface area contributed by atoms with Gasteiger partial charge in [0.15, 0.2) is 0 Å². The van der Waals surface area contributed by atoms with Gasteiger partial charge in [0.25, 0.3) is 11.9 Å². The third-order valence-electron chi connectivity index (χ3n) is 5.36. The van der Waals surface area contributed by atoms with Crippen LogP contribution in [0.5, 0.6) is 0 Å². The SMILES string of the molecule is Cc1ccc(C2=C[C@H](c3ccccc3Cl)n3nc(NC(=O)c4cccc(Cl)c4)nc3N2)cc1. The predicted octanol–water partition coefficient (Wildman–Crippen LogP) is 6.20. The van der Waals surface area contributed by atoms with Crippen molar-refractivity contribution in [3.05, 3.63) is 111 Å². The van der Waals surface area contributed by atoms with Crippen molar-refractivity contribution in [1.29, 1.82) is 0 Å². The number of nitrogens with one attached hydrogen (secondary N) is 2. The number of hydrogen-bond donors (Lipinski definition) is 2. The minimum absolute atomic E-state index is 0.179. The maximum Gasteiger partial charge on any atom is 0.258 e. The van der Waals surface area contributed by atoms with Gasteiger partial charge in [-0.1, -0.05) is 77.3 Å². The lowest BCUT2D eigenvalue weighted by molar-refractivity contribution is 0.102. The van der Waals surface area contributed by atoms with E-state index in [9.17, 15) is 4.79 Å². The number of hydrogen-bond acceptors (Lipinski definition) is 4. The molecule has 33 heavy (non-hydrogen) atoms. The highest BCUT2D eigenvalue weighted by atomic mass is 35.5. The molecule has 0 bridgehead atoms. The molecule has 3 aromatic carbocycles. The van der Waals surface area contributed by atoms with Crippen LogP contribution in [-0.4, -0.2) is 20.7 Å². The van der Waals surface area contributed by atoms with Gasteiger partial charge in [-0.25, -0.2) is 4.68 Å². The standard InChI is InChI=1S/C25H19Cl2N5O/c1-15-9-11-16(12-10-15)21-14-22(19-7-2-3-8-20(19)27)32-25(28-21)30-24(31-32)29-23(33)17-5-4-6-18(26)13-17/h2-14,22H,1H3,(H2,28,29,30,31,33)/t22-/m1/s1. The Labute approximate surface area is 200 Å². The van der Waals surface area contributed by atoms with Crippen molar-refractivity contribution < 1.29 is 4.79 Å². The number of aryl methyl sites for hydroxylation is 1. The fourth-order valence-electron chi connectivity index (χ4n) is 3.69. The Bertz CT molecular complexity index is 1380. The van der Waals surface area contributed by atoms with Crippen LogP contribution in [0.15, 0.2) is 78.9 Å². The van der Waals surface area contributed by atoms with Crippen molar-refractivity contribution in [2.24, 2.45) is 0 Å². The molecule has 2 heterocycles. The molecule has 1 aliphatic heterocycles. The maximum absolute atomic E-state index is 12.7. The molecule has 1 aliphatic rings. The van der Waals surface area contributed by atoms with Crippen molar-refractivity contribution in [3.8, 4) is 0 Å². The number of carbonyl (C=O) groups is 1. The van der Waals surface area contributed by atoms with E-state index in [1.807, 2.05) is 43.3 Å². The molecule has 5 rings (SSSR count). The monoisotopic (exact) mass is 475 g/mol. The van der Waals surface area contributed by atoms with Crippen LogP contribution in [0.1, 0.15) is 33.1 Å². The van der Waals surface area contributed by atoms with E-state index in [4.69, 9.17) is 23.2 Å². The maximum atomic E-state index is 12.7. The van der Waals surface area contributed by atoms with Gasteiger partial charge >= 0.3 is 0 Å². The topological polar surface area (TPSA) is 71.8 Å². The number of carbonyl (C=O) groups excluding carboxylic acids is 1. The largest absolute Gasteiger partial charge is 0.324 e. The molecule has 0 unspecified atom stereocenters. The first kappa shape index (κ1) is 21.2. The normalized spacial score (nSPS) is 14.8. The zero-order valence-electron chi connectivity index (χ0n) is 17.6. The number of allylic oxidation sites excluding steroid dienone is 1. The smallest absolute Gasteiger partial charge is 0.258 e. The molecular weight excluding hydrogens is 457 g/mol. The van der Waals surface area contributed by atoms with E-state index in [-0.39, 0.29) is 17.9 Å². The third-order valence-corrected chi connectivity index (χ3v) is 5.94. The fourth-order valence-corrected chi connectivity index (χ4v) is 4.13. The van der Waals surface area contributed by atoms with Crippen LogP contribution in [0.3, 0.4) is 0 Å². The summed E-state index contributed by atoms with van der Waals surface area (Å²) >= 11 is 12.5. The number of aromatic nitrogens is 3. The Morgan fingerprint density at radius 3 is 2.58 bits per heavy atom. The second-order valence-corrected chi connectivity index (χ2v) is 8.55. The summed E-state index contributed by atoms with van der Waals surface area (Å²) in [5.41, 5.74) is 4.37. The van der Waals surface area contributed by atoms with Crippen LogP contribution in [-0.2, 0) is 0 Å². The van der Waals surface area contributed by atoms with E-state index in [0.717, 1.165) is 16.8 Å². The van der Waals surface area contributed by atoms with Crippen molar-refractivity contribution in [2.75, 3.05) is 10.6 Å². The van der Waals surface area contributed by atoms with E-state index < -0.39 is 0 Å². The van der Waals surface area contributed by atoms with Gasteiger partial charge in [0.2, 0.25) is 5.95 Å². The summed E-state index contributed by atoms with van der Waals surface area (Å²) in [7, 11) is 0. The molecule has 0 aliphatic carbocycles. The molecule has 1 atom stereocenters. The summed E-state index contributed by atoms with van der Waals surface area (Å²) in [5, 5.41) is 11.7. The Morgan fingerprint density at radius 1 is 1.03 bits per heavy atom. The molecule has 6 nitrogen and oxygen atoms in total. The van der Waals surface area contributed by atoms with Crippen molar-refractivity contribution in [3.63, 3.8) is 0 Å². The number of amides is 1. The van der Waals surface area contributed by atoms with Gasteiger partial charge in [0, 0.05) is 21.3 Å². The lowest BCUT2D eigenvalue weighted by Crippen LogP contribution is -2.20. The van der Waals surface area contributed by atoms with E-state index in [1.165, 1.54) is 5.56 Å². The Hall–Kier alpha value is -3.61. The summed E-state index contributed by atoms with van der Waals surface area (Å²) in [6.07, 6.45) is 2.05. The average molecular weight is 476 g/mol. The van der Waals surface area contributed by atoms with Crippen LogP contribution in [0.25, 0.3) is 5.70 Å². The second-order valence-electron chi connectivity index (χ2n) is 7.71. The van der Waals surface area contributed by atoms with Crippen LogP contribution in [0.4, 0.5) is 11.9 Å². The highest BCUT2D eigenvalue weighted by molar-refractivity contribution is 6.31. The minimum Gasteiger partial charge on any atom is -0.324 e. The lowest BCUT2D eigenvalue weighted by atomic mass is 10.0. The molecule has 0 fully saturated rings. The first-order valence-electron chi connectivity index (χ1n) is 10.3. The summed E-state index contributed by atoms with van der Waals surface area (Å²) in [6, 6.07) is 22.2. The molecule has 1 aromatic heterocycles. The van der Waals surface area contributed by atoms with Crippen molar-refractivity contribution >= 4 is 46.7 Å². The van der Waals surface area contributed by atoms with Gasteiger partial charge in [-0.05, 0) is 48.4 Å². The van der Waals surface area contributed by atoms with E-state index >= 15 is 0 Å². The first-order chi connectivity index (χ1) is 16.0. The quantitative estimate of drug-likeness (QED) is 0.368. The van der Waals surface area contributed by atoms with E-state index in [0.29, 0.717) is 21.6 Å². The first-order valence-corrected chi connectivity index (χ1v) is 11.1. The Morgan fingerprint density at radius 2 is 1.82 bits per heavy atom. The van der Waals surface area contributed by atoms with Crippen LogP contribution in [0.2, 0.25) is 10.0 Å². The number of nitrogens with zero attached hydrogens (tertiary/aromatic N) is 3. The van der Waals surface area contributed by atoms with Crippen molar-refractivity contribution in [1.82, 2.24) is 14.8 Å². The van der Waals surface area contributed by atoms with Crippen LogP contribution >= 0.6 is 23.2 Å². The van der Waals surface area contributed by atoms with Crippen molar-refractivity contribution in [2.45, 2.75) is 13.0 Å². The highest BCUT2D eigenvalue weighted by Crippen LogP contribution is 2.36. The molecule has 0 spiro atoms. The summed E-state index contributed by atoms with van der Waals surface area (Å²) < 4.78 is 1.71. The third kappa shape index (κ3) is 4.35. The van der Waals surface area contributed by atoms with Gasteiger partial charge in [0.05, 0.1) is 0 Å². The van der Waals surface area contributed by atoms with Gasteiger partial charge < -0.3 is 5.32 Å². The molecule has 1 amide bonds. The highest BCUT2D eigenvalue weighted by Gasteiger charge is 2.27. The number of fused-ring (bicyclic) bond motifs is 1. The summed E-state index contributed by atoms with van der Waals surface area (Å²) in [4.78, 5) is 17.2. The average Bonchev–Trinajstić information content (AvgIpc) is 3.21. The second kappa shape index (κ2) is 8.73. The molecule has 4 aromatic rings. The van der Waals surface area contributed by atoms with E-state index in [2.05, 4.69) is 38.9 Å². The zero-order valence-corrected chi connectivity index (χ0v) is 19.1. The molecule has 0 radical (unpaired) electrons. The molecule has 0 saturated carbocycles. The Balaban J connectivity index is 1.53. The fraction of sp³-hybridized carbons (Fsp3) is 0.0800. The van der Waals surface area contributed by atoms with E-state index in [1.54, 1.807) is 28.9 Å². The number of benzene rings is 3. The zero-order chi connectivity index (χ0) is 22.9. The predicted molar refractivity (Wildman–Crippen MR) is 132 cm³/mol. The van der Waals surface area contributed by atoms with Gasteiger partial charge in [-0.15, -0.1) is 5.10 Å². The summed E-state index contributed by atoms with van der Waals surface area (Å²) in [5.74, 6) is 0.332. The summed E-state index contributed by atoms with van der Waals surface area (Å²) in [6.45, 7) is 2.05. The lowest BCUT2D eigenvalue weighted by Gasteiger charge is -2.25. The van der Waals surface area contributed by atoms with Crippen LogP contribution < -0.4 is 10.6 Å². The molecular formula is C25H19Cl2N5O. The Kier molecular flexibility index (Phi) is 5.62. The van der Waals surface area contributed by atoms with Crippen LogP contribution in [0, 0.1) is 6.92 Å². The van der Waals surface area contributed by atoms with Gasteiger partial charge in [-0.2, -0.15) is 4.98 Å². The minimum atomic E-state index is -0.346. The molecule has 2 N–H and O–H groups in total. The molecule has 0 saturated heterocycles.